The van der Waals surface area contributed by atoms with E-state index >= 15 is 0 Å². The van der Waals surface area contributed by atoms with Gasteiger partial charge in [0.1, 0.15) is 0 Å². The Kier molecular flexibility index (Phi) is 7.58. The van der Waals surface area contributed by atoms with Gasteiger partial charge in [-0.05, 0) is 44.2 Å². The van der Waals surface area contributed by atoms with Crippen molar-refractivity contribution in [3.05, 3.63) is 40.6 Å². The average Bonchev–Trinajstić information content (AvgIpc) is 2.66. The molecule has 2 aromatic rings. The first-order valence-electron chi connectivity index (χ1n) is 9.76. The summed E-state index contributed by atoms with van der Waals surface area (Å²) in [6, 6.07) is 6.44. The van der Waals surface area contributed by atoms with E-state index in [1.165, 1.54) is 11.1 Å². The van der Waals surface area contributed by atoms with E-state index in [0.29, 0.717) is 12.5 Å². The first kappa shape index (κ1) is 20.4. The molecule has 26 heavy (non-hydrogen) atoms. The van der Waals surface area contributed by atoms with Crippen molar-refractivity contribution in [2.24, 2.45) is 0 Å². The number of nitrogens with zero attached hydrogens (tertiary/aromatic N) is 2. The van der Waals surface area contributed by atoms with Crippen LogP contribution >= 0.6 is 0 Å². The van der Waals surface area contributed by atoms with Gasteiger partial charge in [-0.25, -0.2) is 4.98 Å². The molecule has 0 amide bonds. The monoisotopic (exact) mass is 356 g/mol. The highest BCUT2D eigenvalue weighted by Gasteiger charge is 2.23. The van der Waals surface area contributed by atoms with Crippen LogP contribution in [0.2, 0.25) is 0 Å². The maximum Gasteiger partial charge on any atom is 0.222 e. The molecule has 1 unspecified atom stereocenters. The second-order valence-corrected chi connectivity index (χ2v) is 6.45. The van der Waals surface area contributed by atoms with Crippen LogP contribution in [0.1, 0.15) is 69.0 Å². The molecular weight excluding hydrogens is 324 g/mol. The lowest BCUT2D eigenvalue weighted by atomic mass is 9.96. The smallest absolute Gasteiger partial charge is 0.222 e. The summed E-state index contributed by atoms with van der Waals surface area (Å²) >= 11 is 0. The fraction of sp³-hybridized carbons (Fsp3) is 0.545. The molecule has 1 atom stereocenters. The molecule has 0 aliphatic rings. The van der Waals surface area contributed by atoms with Crippen molar-refractivity contribution < 1.29 is 9.47 Å². The third kappa shape index (κ3) is 4.24. The predicted molar refractivity (Wildman–Crippen MR) is 107 cm³/mol. The van der Waals surface area contributed by atoms with E-state index in [4.69, 9.17) is 19.4 Å². The van der Waals surface area contributed by atoms with E-state index in [0.717, 1.165) is 48.3 Å². The number of rotatable bonds is 9. The summed E-state index contributed by atoms with van der Waals surface area (Å²) in [5, 5.41) is 0. The molecule has 0 bridgehead atoms. The molecule has 0 aliphatic carbocycles. The Morgan fingerprint density at radius 2 is 1.65 bits per heavy atom. The van der Waals surface area contributed by atoms with E-state index in [1.807, 2.05) is 13.8 Å². The van der Waals surface area contributed by atoms with Gasteiger partial charge in [0.05, 0.1) is 24.5 Å². The molecule has 0 N–H and O–H groups in total. The molecule has 0 spiro atoms. The van der Waals surface area contributed by atoms with Gasteiger partial charge in [0.25, 0.3) is 0 Å². The third-order valence-electron chi connectivity index (χ3n) is 4.76. The van der Waals surface area contributed by atoms with Crippen LogP contribution in [0.3, 0.4) is 0 Å². The van der Waals surface area contributed by atoms with Crippen molar-refractivity contribution in [1.82, 2.24) is 9.97 Å². The van der Waals surface area contributed by atoms with E-state index in [1.54, 1.807) is 7.11 Å². The Hall–Kier alpha value is -1.94. The van der Waals surface area contributed by atoms with Crippen LogP contribution in [0.25, 0.3) is 11.4 Å². The van der Waals surface area contributed by atoms with Gasteiger partial charge < -0.3 is 9.47 Å². The molecule has 4 heteroatoms. The van der Waals surface area contributed by atoms with E-state index < -0.39 is 0 Å². The molecule has 0 saturated heterocycles. The van der Waals surface area contributed by atoms with Gasteiger partial charge in [-0.15, -0.1) is 0 Å². The Bertz CT molecular complexity index is 700. The average molecular weight is 357 g/mol. The van der Waals surface area contributed by atoms with Gasteiger partial charge >= 0.3 is 0 Å². The van der Waals surface area contributed by atoms with Gasteiger partial charge in [0.2, 0.25) is 5.88 Å². The van der Waals surface area contributed by atoms with Crippen molar-refractivity contribution in [1.29, 1.82) is 0 Å². The maximum absolute atomic E-state index is 5.97. The summed E-state index contributed by atoms with van der Waals surface area (Å²) in [6.45, 7) is 11.2. The summed E-state index contributed by atoms with van der Waals surface area (Å²) < 4.78 is 11.6. The SMILES string of the molecule is CCCC(OCC)c1c(C)nc(-c2c(CC)cccc2CC)nc1OC. The lowest BCUT2D eigenvalue weighted by Crippen LogP contribution is -2.12. The molecule has 142 valence electrons. The summed E-state index contributed by atoms with van der Waals surface area (Å²) in [4.78, 5) is 9.70. The molecule has 0 saturated carbocycles. The van der Waals surface area contributed by atoms with Crippen LogP contribution in [0.5, 0.6) is 5.88 Å². The Morgan fingerprint density at radius 1 is 1.00 bits per heavy atom. The minimum Gasteiger partial charge on any atom is -0.481 e. The number of benzene rings is 1. The quantitative estimate of drug-likeness (QED) is 0.598. The molecule has 0 radical (unpaired) electrons. The largest absolute Gasteiger partial charge is 0.481 e. The standard InChI is InChI=1S/C22H32N2O2/c1-7-12-18(26-10-4)19-15(5)23-21(24-22(19)25-6)20-16(8-2)13-11-14-17(20)9-3/h11,13-14,18H,7-10,12H2,1-6H3. The zero-order valence-corrected chi connectivity index (χ0v) is 17.1. The van der Waals surface area contributed by atoms with Crippen LogP contribution in [0.15, 0.2) is 18.2 Å². The van der Waals surface area contributed by atoms with E-state index in [9.17, 15) is 0 Å². The van der Waals surface area contributed by atoms with E-state index in [-0.39, 0.29) is 6.10 Å². The molecule has 4 nitrogen and oxygen atoms in total. The second-order valence-electron chi connectivity index (χ2n) is 6.45. The Morgan fingerprint density at radius 3 is 2.15 bits per heavy atom. The van der Waals surface area contributed by atoms with Gasteiger partial charge in [-0.3, -0.25) is 0 Å². The molecule has 1 aromatic carbocycles. The molecule has 1 heterocycles. The summed E-state index contributed by atoms with van der Waals surface area (Å²) in [5.74, 6) is 1.39. The normalized spacial score (nSPS) is 12.2. The van der Waals surface area contributed by atoms with E-state index in [2.05, 4.69) is 39.0 Å². The number of aromatic nitrogens is 2. The number of hydrogen-bond acceptors (Lipinski definition) is 4. The van der Waals surface area contributed by atoms with Gasteiger partial charge in [0.15, 0.2) is 5.82 Å². The summed E-state index contributed by atoms with van der Waals surface area (Å²) in [5.41, 5.74) is 5.61. The topological polar surface area (TPSA) is 44.2 Å². The summed E-state index contributed by atoms with van der Waals surface area (Å²) in [6.07, 6.45) is 3.84. The Balaban J connectivity index is 2.63. The summed E-state index contributed by atoms with van der Waals surface area (Å²) in [7, 11) is 1.68. The maximum atomic E-state index is 5.97. The van der Waals surface area contributed by atoms with Gasteiger partial charge in [-0.2, -0.15) is 4.98 Å². The van der Waals surface area contributed by atoms with Crippen molar-refractivity contribution in [2.45, 2.75) is 66.4 Å². The second kappa shape index (κ2) is 9.67. The highest BCUT2D eigenvalue weighted by molar-refractivity contribution is 5.66. The molecular formula is C22H32N2O2. The van der Waals surface area contributed by atoms with Gasteiger partial charge in [-0.1, -0.05) is 45.4 Å². The fourth-order valence-corrected chi connectivity index (χ4v) is 3.50. The highest BCUT2D eigenvalue weighted by atomic mass is 16.5. The van der Waals surface area contributed by atoms with Crippen LogP contribution in [-0.4, -0.2) is 23.7 Å². The highest BCUT2D eigenvalue weighted by Crippen LogP contribution is 2.35. The zero-order valence-electron chi connectivity index (χ0n) is 17.1. The lowest BCUT2D eigenvalue weighted by Gasteiger charge is -2.22. The third-order valence-corrected chi connectivity index (χ3v) is 4.76. The number of aryl methyl sites for hydroxylation is 3. The van der Waals surface area contributed by atoms with Crippen molar-refractivity contribution in [2.75, 3.05) is 13.7 Å². The molecule has 2 rings (SSSR count). The van der Waals surface area contributed by atoms with Crippen LogP contribution < -0.4 is 4.74 Å². The first-order chi connectivity index (χ1) is 12.6. The van der Waals surface area contributed by atoms with Gasteiger partial charge in [0, 0.05) is 12.2 Å². The lowest BCUT2D eigenvalue weighted by molar-refractivity contribution is 0.0527. The number of ether oxygens (including phenoxy) is 2. The van der Waals surface area contributed by atoms with Crippen molar-refractivity contribution >= 4 is 0 Å². The number of hydrogen-bond donors (Lipinski definition) is 0. The number of methoxy groups -OCH3 is 1. The van der Waals surface area contributed by atoms with Crippen LogP contribution in [0, 0.1) is 6.92 Å². The minimum absolute atomic E-state index is 0.0268. The fourth-order valence-electron chi connectivity index (χ4n) is 3.50. The first-order valence-corrected chi connectivity index (χ1v) is 9.76. The van der Waals surface area contributed by atoms with Crippen molar-refractivity contribution in [3.8, 4) is 17.3 Å². The Labute approximate surface area is 158 Å². The minimum atomic E-state index is -0.0268. The molecule has 0 fully saturated rings. The predicted octanol–water partition coefficient (Wildman–Crippen LogP) is 5.46. The van der Waals surface area contributed by atoms with Crippen LogP contribution in [-0.2, 0) is 17.6 Å². The molecule has 1 aromatic heterocycles. The zero-order chi connectivity index (χ0) is 19.1. The van der Waals surface area contributed by atoms with Crippen LogP contribution in [0.4, 0.5) is 0 Å². The molecule has 0 aliphatic heterocycles. The van der Waals surface area contributed by atoms with Crippen molar-refractivity contribution in [3.63, 3.8) is 0 Å².